The Labute approximate surface area is 157 Å². The van der Waals surface area contributed by atoms with Crippen LogP contribution in [0.3, 0.4) is 0 Å². The van der Waals surface area contributed by atoms with Gasteiger partial charge in [0.05, 0.1) is 13.3 Å². The standard InChI is InChI=1S/C22H20N2O3/c1-27-20-14-8-9-17(15-20)16-23-24-21(25)22(26,18-10-4-2-5-11-18)19-12-6-3-7-13-19/h2-16,26H,1H3,(H,24,25). The lowest BCUT2D eigenvalue weighted by atomic mass is 9.85. The number of methoxy groups -OCH3 is 1. The van der Waals surface area contributed by atoms with Gasteiger partial charge in [0.1, 0.15) is 5.75 Å². The van der Waals surface area contributed by atoms with E-state index in [9.17, 15) is 9.90 Å². The van der Waals surface area contributed by atoms with E-state index in [-0.39, 0.29) is 0 Å². The van der Waals surface area contributed by atoms with Crippen LogP contribution in [0, 0.1) is 0 Å². The Morgan fingerprint density at radius 1 is 0.963 bits per heavy atom. The minimum Gasteiger partial charge on any atom is -0.497 e. The lowest BCUT2D eigenvalue weighted by Gasteiger charge is -2.27. The number of hydrogen-bond acceptors (Lipinski definition) is 4. The number of ether oxygens (including phenoxy) is 1. The minimum atomic E-state index is -1.85. The maximum absolute atomic E-state index is 12.9. The molecule has 0 heterocycles. The van der Waals surface area contributed by atoms with Crippen LogP contribution in [0.15, 0.2) is 90.0 Å². The Morgan fingerprint density at radius 3 is 2.11 bits per heavy atom. The molecule has 5 heteroatoms. The topological polar surface area (TPSA) is 70.9 Å². The second kappa shape index (κ2) is 8.29. The number of rotatable bonds is 6. The molecule has 0 aliphatic rings. The minimum absolute atomic E-state index is 0.463. The van der Waals surface area contributed by atoms with Gasteiger partial charge >= 0.3 is 0 Å². The first-order valence-electron chi connectivity index (χ1n) is 8.45. The van der Waals surface area contributed by atoms with Crippen molar-refractivity contribution in [2.45, 2.75) is 5.60 Å². The number of carbonyl (C=O) groups is 1. The molecule has 0 fully saturated rings. The Morgan fingerprint density at radius 2 is 1.56 bits per heavy atom. The maximum Gasteiger partial charge on any atom is 0.281 e. The van der Waals surface area contributed by atoms with Crippen molar-refractivity contribution in [3.05, 3.63) is 102 Å². The van der Waals surface area contributed by atoms with Crippen molar-refractivity contribution >= 4 is 12.1 Å². The molecule has 1 amide bonds. The number of carbonyl (C=O) groups excluding carboxylic acids is 1. The predicted molar refractivity (Wildman–Crippen MR) is 105 cm³/mol. The Hall–Kier alpha value is -3.44. The van der Waals surface area contributed by atoms with Crippen molar-refractivity contribution in [2.24, 2.45) is 5.10 Å². The van der Waals surface area contributed by atoms with E-state index in [0.717, 1.165) is 5.56 Å². The fraction of sp³-hybridized carbons (Fsp3) is 0.0909. The van der Waals surface area contributed by atoms with Crippen molar-refractivity contribution in [3.63, 3.8) is 0 Å². The van der Waals surface area contributed by atoms with Gasteiger partial charge in [0, 0.05) is 0 Å². The van der Waals surface area contributed by atoms with E-state index in [4.69, 9.17) is 4.74 Å². The SMILES string of the molecule is COc1cccc(C=NNC(=O)C(O)(c2ccccc2)c2ccccc2)c1. The van der Waals surface area contributed by atoms with Crippen LogP contribution in [-0.2, 0) is 10.4 Å². The molecule has 3 rings (SSSR count). The Balaban J connectivity index is 1.87. The van der Waals surface area contributed by atoms with Gasteiger partial charge in [-0.1, -0.05) is 72.8 Å². The maximum atomic E-state index is 12.9. The van der Waals surface area contributed by atoms with Crippen LogP contribution in [0.25, 0.3) is 0 Å². The highest BCUT2D eigenvalue weighted by Gasteiger charge is 2.39. The predicted octanol–water partition coefficient (Wildman–Crippen LogP) is 3.08. The highest BCUT2D eigenvalue weighted by atomic mass is 16.5. The summed E-state index contributed by atoms with van der Waals surface area (Å²) in [4.78, 5) is 12.9. The molecule has 0 unspecified atom stereocenters. The molecule has 0 aliphatic carbocycles. The molecule has 0 atom stereocenters. The van der Waals surface area contributed by atoms with Gasteiger partial charge in [0.25, 0.3) is 5.91 Å². The van der Waals surface area contributed by atoms with Crippen LogP contribution in [0.5, 0.6) is 5.75 Å². The van der Waals surface area contributed by atoms with Gasteiger partial charge in [-0.15, -0.1) is 0 Å². The molecule has 3 aromatic rings. The lowest BCUT2D eigenvalue weighted by Crippen LogP contribution is -2.43. The summed E-state index contributed by atoms with van der Waals surface area (Å²) in [5.41, 5.74) is 2.28. The monoisotopic (exact) mass is 360 g/mol. The molecule has 3 aromatic carbocycles. The van der Waals surface area contributed by atoms with E-state index >= 15 is 0 Å². The van der Waals surface area contributed by atoms with E-state index in [1.54, 1.807) is 61.7 Å². The molecule has 5 nitrogen and oxygen atoms in total. The second-order valence-electron chi connectivity index (χ2n) is 5.92. The molecule has 136 valence electrons. The molecule has 0 saturated carbocycles. The zero-order chi connectivity index (χ0) is 19.1. The molecule has 2 N–H and O–H groups in total. The molecule has 0 aliphatic heterocycles. The number of hydrazone groups is 1. The number of hydrogen-bond donors (Lipinski definition) is 2. The van der Waals surface area contributed by atoms with Gasteiger partial charge in [-0.2, -0.15) is 5.10 Å². The molecule has 0 radical (unpaired) electrons. The highest BCUT2D eigenvalue weighted by Crippen LogP contribution is 2.29. The van der Waals surface area contributed by atoms with Crippen LogP contribution in [0.2, 0.25) is 0 Å². The smallest absolute Gasteiger partial charge is 0.281 e. The number of aliphatic hydroxyl groups is 1. The van der Waals surface area contributed by atoms with Crippen LogP contribution in [0.1, 0.15) is 16.7 Å². The highest BCUT2D eigenvalue weighted by molar-refractivity contribution is 5.91. The number of nitrogens with one attached hydrogen (secondary N) is 1. The fourth-order valence-electron chi connectivity index (χ4n) is 2.76. The van der Waals surface area contributed by atoms with Crippen LogP contribution < -0.4 is 10.2 Å². The van der Waals surface area contributed by atoms with E-state index in [0.29, 0.717) is 16.9 Å². The van der Waals surface area contributed by atoms with Gasteiger partial charge in [-0.05, 0) is 28.8 Å². The average Bonchev–Trinajstić information content (AvgIpc) is 2.74. The molecule has 0 saturated heterocycles. The zero-order valence-corrected chi connectivity index (χ0v) is 14.9. The lowest BCUT2D eigenvalue weighted by molar-refractivity contribution is -0.136. The Kier molecular flexibility index (Phi) is 5.64. The third kappa shape index (κ3) is 4.04. The van der Waals surface area contributed by atoms with Crippen molar-refractivity contribution in [1.29, 1.82) is 0 Å². The number of nitrogens with zero attached hydrogens (tertiary/aromatic N) is 1. The molecule has 0 bridgehead atoms. The van der Waals surface area contributed by atoms with Crippen LogP contribution in [0.4, 0.5) is 0 Å². The van der Waals surface area contributed by atoms with E-state index in [2.05, 4.69) is 10.5 Å². The summed E-state index contributed by atoms with van der Waals surface area (Å²) in [5, 5.41) is 15.3. The summed E-state index contributed by atoms with van der Waals surface area (Å²) < 4.78 is 5.16. The molecular formula is C22H20N2O3. The summed E-state index contributed by atoms with van der Waals surface area (Å²) in [6.45, 7) is 0. The second-order valence-corrected chi connectivity index (χ2v) is 5.92. The largest absolute Gasteiger partial charge is 0.497 e. The quantitative estimate of drug-likeness (QED) is 0.524. The first-order valence-corrected chi connectivity index (χ1v) is 8.45. The molecule has 27 heavy (non-hydrogen) atoms. The van der Waals surface area contributed by atoms with Gasteiger partial charge in [-0.25, -0.2) is 5.43 Å². The summed E-state index contributed by atoms with van der Waals surface area (Å²) in [6.07, 6.45) is 1.50. The average molecular weight is 360 g/mol. The molecule has 0 spiro atoms. The van der Waals surface area contributed by atoms with Crippen molar-refractivity contribution < 1.29 is 14.6 Å². The third-order valence-electron chi connectivity index (χ3n) is 4.19. The Bertz CT molecular complexity index is 885. The van der Waals surface area contributed by atoms with Crippen molar-refractivity contribution in [2.75, 3.05) is 7.11 Å². The van der Waals surface area contributed by atoms with Gasteiger partial charge in [0.2, 0.25) is 0 Å². The van der Waals surface area contributed by atoms with Gasteiger partial charge in [-0.3, -0.25) is 4.79 Å². The normalized spacial score (nSPS) is 11.3. The summed E-state index contributed by atoms with van der Waals surface area (Å²) in [7, 11) is 1.58. The van der Waals surface area contributed by atoms with E-state index < -0.39 is 11.5 Å². The third-order valence-corrected chi connectivity index (χ3v) is 4.19. The molecular weight excluding hydrogens is 340 g/mol. The summed E-state index contributed by atoms with van der Waals surface area (Å²) in [6, 6.07) is 24.8. The van der Waals surface area contributed by atoms with Crippen molar-refractivity contribution in [1.82, 2.24) is 5.43 Å². The summed E-state index contributed by atoms with van der Waals surface area (Å²) in [5.74, 6) is 0.0504. The van der Waals surface area contributed by atoms with Gasteiger partial charge < -0.3 is 9.84 Å². The van der Waals surface area contributed by atoms with Crippen molar-refractivity contribution in [3.8, 4) is 5.75 Å². The first-order chi connectivity index (χ1) is 13.1. The van der Waals surface area contributed by atoms with E-state index in [1.165, 1.54) is 6.21 Å². The van der Waals surface area contributed by atoms with Gasteiger partial charge in [0.15, 0.2) is 5.60 Å². The zero-order valence-electron chi connectivity index (χ0n) is 14.9. The van der Waals surface area contributed by atoms with Crippen LogP contribution in [-0.4, -0.2) is 24.3 Å². The molecule has 0 aromatic heterocycles. The first kappa shape index (κ1) is 18.4. The number of amides is 1. The van der Waals surface area contributed by atoms with Crippen LogP contribution >= 0.6 is 0 Å². The number of benzene rings is 3. The van der Waals surface area contributed by atoms with E-state index in [1.807, 2.05) is 30.3 Å². The summed E-state index contributed by atoms with van der Waals surface area (Å²) >= 11 is 0. The fourth-order valence-corrected chi connectivity index (χ4v) is 2.76.